The summed E-state index contributed by atoms with van der Waals surface area (Å²) < 4.78 is 0. The molecular formula is C20H31ClN6O. The Hall–Kier alpha value is -1.83. The first-order valence-corrected chi connectivity index (χ1v) is 10.2. The molecule has 2 fully saturated rings. The molecule has 2 aliphatic heterocycles. The number of halogens is 1. The number of nitrogens with one attached hydrogen (secondary N) is 1. The summed E-state index contributed by atoms with van der Waals surface area (Å²) in [5.74, 6) is 0.930. The van der Waals surface area contributed by atoms with Gasteiger partial charge in [0, 0.05) is 63.9 Å². The number of amides is 1. The second kappa shape index (κ2) is 9.58. The number of rotatable bonds is 4. The molecule has 1 aromatic rings. The molecule has 2 heterocycles. The highest BCUT2D eigenvalue weighted by Crippen LogP contribution is 2.14. The predicted octanol–water partition coefficient (Wildman–Crippen LogP) is 0.805. The first kappa shape index (κ1) is 20.9. The Balaban J connectivity index is 1.51. The van der Waals surface area contributed by atoms with Crippen LogP contribution < -0.4 is 5.32 Å². The fourth-order valence-corrected chi connectivity index (χ4v) is 3.86. The van der Waals surface area contributed by atoms with Crippen molar-refractivity contribution < 1.29 is 4.79 Å². The van der Waals surface area contributed by atoms with Crippen molar-refractivity contribution in [2.75, 3.05) is 67.0 Å². The van der Waals surface area contributed by atoms with E-state index in [-0.39, 0.29) is 5.91 Å². The third-order valence-electron chi connectivity index (χ3n) is 5.59. The second-order valence-corrected chi connectivity index (χ2v) is 8.12. The SMILES string of the molecule is CN=C(NCC1CN(C)CCN1C)N1CCN(Cc2ccc(Cl)cc2)C(=O)C1. The summed E-state index contributed by atoms with van der Waals surface area (Å²) in [6.45, 7) is 6.48. The number of hydrogen-bond donors (Lipinski definition) is 1. The van der Waals surface area contributed by atoms with Crippen molar-refractivity contribution in [3.63, 3.8) is 0 Å². The zero-order chi connectivity index (χ0) is 20.1. The molecule has 1 amide bonds. The minimum absolute atomic E-state index is 0.124. The van der Waals surface area contributed by atoms with Gasteiger partial charge in [-0.15, -0.1) is 0 Å². The van der Waals surface area contributed by atoms with Crippen LogP contribution >= 0.6 is 11.6 Å². The van der Waals surface area contributed by atoms with Gasteiger partial charge in [-0.25, -0.2) is 0 Å². The Morgan fingerprint density at radius 1 is 1.18 bits per heavy atom. The van der Waals surface area contributed by atoms with Gasteiger partial charge in [0.05, 0.1) is 6.54 Å². The van der Waals surface area contributed by atoms with E-state index in [1.54, 1.807) is 7.05 Å². The summed E-state index contributed by atoms with van der Waals surface area (Å²) in [6, 6.07) is 8.12. The average molecular weight is 407 g/mol. The number of guanidine groups is 1. The number of piperazine rings is 2. The van der Waals surface area contributed by atoms with Gasteiger partial charge in [-0.2, -0.15) is 0 Å². The number of likely N-dealkylation sites (N-methyl/N-ethyl adjacent to an activating group) is 2. The molecule has 154 valence electrons. The lowest BCUT2D eigenvalue weighted by Crippen LogP contribution is -2.58. The molecule has 1 unspecified atom stereocenters. The van der Waals surface area contributed by atoms with Gasteiger partial charge in [0.2, 0.25) is 5.91 Å². The second-order valence-electron chi connectivity index (χ2n) is 7.69. The zero-order valence-corrected chi connectivity index (χ0v) is 17.8. The average Bonchev–Trinajstić information content (AvgIpc) is 2.68. The van der Waals surface area contributed by atoms with Crippen molar-refractivity contribution >= 4 is 23.5 Å². The monoisotopic (exact) mass is 406 g/mol. The topological polar surface area (TPSA) is 54.4 Å². The molecular weight excluding hydrogens is 376 g/mol. The molecule has 7 nitrogen and oxygen atoms in total. The maximum Gasteiger partial charge on any atom is 0.242 e. The van der Waals surface area contributed by atoms with Crippen LogP contribution in [0.25, 0.3) is 0 Å². The maximum absolute atomic E-state index is 12.7. The van der Waals surface area contributed by atoms with E-state index in [0.717, 1.165) is 44.2 Å². The molecule has 1 N–H and O–H groups in total. The molecule has 3 rings (SSSR count). The molecule has 1 aromatic carbocycles. The van der Waals surface area contributed by atoms with Gasteiger partial charge in [0.15, 0.2) is 5.96 Å². The molecule has 0 bridgehead atoms. The number of carbonyl (C=O) groups is 1. The Bertz CT molecular complexity index is 694. The van der Waals surface area contributed by atoms with Crippen molar-refractivity contribution in [1.82, 2.24) is 24.9 Å². The molecule has 2 aliphatic rings. The van der Waals surface area contributed by atoms with Crippen molar-refractivity contribution in [1.29, 1.82) is 0 Å². The normalized spacial score (nSPS) is 22.6. The van der Waals surface area contributed by atoms with E-state index in [1.807, 2.05) is 34.1 Å². The van der Waals surface area contributed by atoms with Crippen LogP contribution in [0.2, 0.25) is 5.02 Å². The Labute approximate surface area is 172 Å². The fourth-order valence-electron chi connectivity index (χ4n) is 3.73. The highest BCUT2D eigenvalue weighted by molar-refractivity contribution is 6.30. The fraction of sp³-hybridized carbons (Fsp3) is 0.600. The van der Waals surface area contributed by atoms with Crippen LogP contribution in [-0.2, 0) is 11.3 Å². The predicted molar refractivity (Wildman–Crippen MR) is 114 cm³/mol. The number of carbonyl (C=O) groups excluding carboxylic acids is 1. The summed E-state index contributed by atoms with van der Waals surface area (Å²) in [4.78, 5) is 25.8. The van der Waals surface area contributed by atoms with Gasteiger partial charge in [0.1, 0.15) is 0 Å². The van der Waals surface area contributed by atoms with Gasteiger partial charge in [-0.1, -0.05) is 23.7 Å². The summed E-state index contributed by atoms with van der Waals surface area (Å²) in [6.07, 6.45) is 0. The lowest BCUT2D eigenvalue weighted by molar-refractivity contribution is -0.135. The van der Waals surface area contributed by atoms with Crippen molar-refractivity contribution in [2.45, 2.75) is 12.6 Å². The number of benzene rings is 1. The molecule has 0 aromatic heterocycles. The molecule has 1 atom stereocenters. The summed E-state index contributed by atoms with van der Waals surface area (Å²) >= 11 is 5.94. The van der Waals surface area contributed by atoms with Crippen molar-refractivity contribution in [2.24, 2.45) is 4.99 Å². The summed E-state index contributed by atoms with van der Waals surface area (Å²) in [7, 11) is 6.11. The highest BCUT2D eigenvalue weighted by atomic mass is 35.5. The van der Waals surface area contributed by atoms with Gasteiger partial charge < -0.3 is 20.0 Å². The Kier molecular flexibility index (Phi) is 7.15. The lowest BCUT2D eigenvalue weighted by Gasteiger charge is -2.39. The van der Waals surface area contributed by atoms with Gasteiger partial charge in [-0.3, -0.25) is 14.7 Å². The number of nitrogens with zero attached hydrogens (tertiary/aromatic N) is 5. The molecule has 8 heteroatoms. The largest absolute Gasteiger partial charge is 0.355 e. The first-order chi connectivity index (χ1) is 13.5. The molecule has 0 aliphatic carbocycles. The zero-order valence-electron chi connectivity index (χ0n) is 17.1. The standard InChI is InChI=1S/C20H31ClN6O/c1-22-20(23-12-18-14-24(2)8-9-25(18)3)27-11-10-26(19(28)15-27)13-16-4-6-17(21)7-5-16/h4-7,18H,8-15H2,1-3H3,(H,22,23). The van der Waals surface area contributed by atoms with Crippen LogP contribution in [0.5, 0.6) is 0 Å². The Morgan fingerprint density at radius 2 is 1.93 bits per heavy atom. The third-order valence-corrected chi connectivity index (χ3v) is 5.84. The summed E-state index contributed by atoms with van der Waals surface area (Å²) in [5.41, 5.74) is 1.10. The number of hydrogen-bond acceptors (Lipinski definition) is 4. The third kappa shape index (κ3) is 5.37. The van der Waals surface area contributed by atoms with E-state index < -0.39 is 0 Å². The molecule has 28 heavy (non-hydrogen) atoms. The van der Waals surface area contributed by atoms with Crippen LogP contribution in [0.4, 0.5) is 0 Å². The maximum atomic E-state index is 12.7. The van der Waals surface area contributed by atoms with E-state index >= 15 is 0 Å². The van der Waals surface area contributed by atoms with Crippen LogP contribution in [-0.4, -0.2) is 104 Å². The minimum Gasteiger partial charge on any atom is -0.355 e. The minimum atomic E-state index is 0.124. The van der Waals surface area contributed by atoms with Crippen molar-refractivity contribution in [3.8, 4) is 0 Å². The van der Waals surface area contributed by atoms with Crippen molar-refractivity contribution in [3.05, 3.63) is 34.9 Å². The number of aliphatic imine (C=N–C) groups is 1. The summed E-state index contributed by atoms with van der Waals surface area (Å²) in [5, 5.41) is 4.19. The molecule has 2 saturated heterocycles. The smallest absolute Gasteiger partial charge is 0.242 e. The van der Waals surface area contributed by atoms with Crippen LogP contribution in [0.15, 0.2) is 29.3 Å². The Morgan fingerprint density at radius 3 is 2.61 bits per heavy atom. The first-order valence-electron chi connectivity index (χ1n) is 9.83. The highest BCUT2D eigenvalue weighted by Gasteiger charge is 2.27. The van der Waals surface area contributed by atoms with Crippen LogP contribution in [0, 0.1) is 0 Å². The quantitative estimate of drug-likeness (QED) is 0.592. The van der Waals surface area contributed by atoms with E-state index in [1.165, 1.54) is 0 Å². The van der Waals surface area contributed by atoms with E-state index in [9.17, 15) is 4.79 Å². The van der Waals surface area contributed by atoms with Gasteiger partial charge in [0.25, 0.3) is 0 Å². The van der Waals surface area contributed by atoms with Crippen LogP contribution in [0.1, 0.15) is 5.56 Å². The molecule has 0 radical (unpaired) electrons. The van der Waals surface area contributed by atoms with E-state index in [0.29, 0.717) is 30.7 Å². The lowest BCUT2D eigenvalue weighted by atomic mass is 10.2. The van der Waals surface area contributed by atoms with Crippen LogP contribution in [0.3, 0.4) is 0 Å². The molecule has 0 saturated carbocycles. The van der Waals surface area contributed by atoms with E-state index in [4.69, 9.17) is 11.6 Å². The molecule has 0 spiro atoms. The van der Waals surface area contributed by atoms with Gasteiger partial charge in [-0.05, 0) is 31.8 Å². The van der Waals surface area contributed by atoms with E-state index in [2.05, 4.69) is 34.2 Å². The van der Waals surface area contributed by atoms with Gasteiger partial charge >= 0.3 is 0 Å².